The number of hydrogen-bond donors (Lipinski definition) is 0. The molecule has 0 aromatic heterocycles. The van der Waals surface area contributed by atoms with E-state index in [4.69, 9.17) is 12.6 Å². The lowest BCUT2D eigenvalue weighted by Crippen LogP contribution is -2.01. The highest BCUT2D eigenvalue weighted by Crippen LogP contribution is 2.25. The molecule has 2 rings (SSSR count). The van der Waals surface area contributed by atoms with Crippen molar-refractivity contribution in [2.24, 2.45) is 0 Å². The van der Waals surface area contributed by atoms with Gasteiger partial charge in [0.1, 0.15) is 0 Å². The monoisotopic (exact) mass is 259 g/mol. The summed E-state index contributed by atoms with van der Waals surface area (Å²) in [5.41, 5.74) is 1.39. The van der Waals surface area contributed by atoms with Crippen LogP contribution in [-0.4, -0.2) is 12.0 Å². The molecular weight excluding hydrogens is 248 g/mol. The molecular formula is C14H11OS2. The van der Waals surface area contributed by atoms with Crippen LogP contribution in [-0.2, 0) is 0 Å². The number of thioether (sulfide) groups is 1. The lowest BCUT2D eigenvalue weighted by atomic mass is 10.0. The topological polar surface area (TPSA) is 17.1 Å². The Kier molecular flexibility index (Phi) is 3.82. The predicted molar refractivity (Wildman–Crippen MR) is 74.0 cm³/mol. The molecule has 17 heavy (non-hydrogen) atoms. The van der Waals surface area contributed by atoms with Crippen LogP contribution < -0.4 is 0 Å². The van der Waals surface area contributed by atoms with Crippen molar-refractivity contribution in [3.63, 3.8) is 0 Å². The largest absolute Gasteiger partial charge is 0.289 e. The Bertz CT molecular complexity index is 535. The molecule has 0 aliphatic rings. The molecule has 0 saturated heterocycles. The summed E-state index contributed by atoms with van der Waals surface area (Å²) in [4.78, 5) is 13.9. The highest BCUT2D eigenvalue weighted by atomic mass is 32.2. The van der Waals surface area contributed by atoms with Gasteiger partial charge in [-0.1, -0.05) is 43.0 Å². The molecule has 0 saturated carbocycles. The van der Waals surface area contributed by atoms with Crippen molar-refractivity contribution in [1.82, 2.24) is 0 Å². The van der Waals surface area contributed by atoms with Crippen LogP contribution >= 0.6 is 24.4 Å². The Morgan fingerprint density at radius 2 is 1.76 bits per heavy atom. The Morgan fingerprint density at radius 3 is 2.41 bits per heavy atom. The van der Waals surface area contributed by atoms with Crippen molar-refractivity contribution in [3.8, 4) is 0 Å². The van der Waals surface area contributed by atoms with E-state index in [0.717, 1.165) is 9.79 Å². The third-order valence-corrected chi connectivity index (χ3v) is 3.72. The molecule has 0 N–H and O–H groups in total. The zero-order valence-corrected chi connectivity index (χ0v) is 11.0. The van der Waals surface area contributed by atoms with Crippen LogP contribution in [0.5, 0.6) is 0 Å². The number of carbonyl (C=O) groups is 1. The van der Waals surface area contributed by atoms with Gasteiger partial charge in [-0.2, -0.15) is 0 Å². The average molecular weight is 259 g/mol. The number of benzene rings is 2. The van der Waals surface area contributed by atoms with Gasteiger partial charge in [0.25, 0.3) is 0 Å². The van der Waals surface area contributed by atoms with Gasteiger partial charge in [-0.15, -0.1) is 11.8 Å². The van der Waals surface area contributed by atoms with Crippen LogP contribution in [0, 0.1) is 0 Å². The van der Waals surface area contributed by atoms with E-state index in [1.54, 1.807) is 17.8 Å². The molecule has 0 bridgehead atoms. The van der Waals surface area contributed by atoms with E-state index in [9.17, 15) is 4.79 Å². The Balaban J connectivity index is 2.38. The van der Waals surface area contributed by atoms with Crippen molar-refractivity contribution in [3.05, 3.63) is 59.7 Å². The summed E-state index contributed by atoms with van der Waals surface area (Å²) in [5.74, 6) is 0.0379. The summed E-state index contributed by atoms with van der Waals surface area (Å²) in [6.07, 6.45) is 1.96. The van der Waals surface area contributed by atoms with Gasteiger partial charge in [0.05, 0.1) is 4.90 Å². The fourth-order valence-corrected chi connectivity index (χ4v) is 2.46. The van der Waals surface area contributed by atoms with Gasteiger partial charge < -0.3 is 0 Å². The molecule has 85 valence electrons. The molecule has 0 atom stereocenters. The highest BCUT2D eigenvalue weighted by molar-refractivity contribution is 7.99. The second kappa shape index (κ2) is 5.34. The van der Waals surface area contributed by atoms with Gasteiger partial charge in [-0.25, -0.2) is 0 Å². The van der Waals surface area contributed by atoms with Crippen LogP contribution in [0.3, 0.4) is 0 Å². The Morgan fingerprint density at radius 1 is 1.06 bits per heavy atom. The van der Waals surface area contributed by atoms with E-state index < -0.39 is 0 Å². The molecule has 3 heteroatoms. The average Bonchev–Trinajstić information content (AvgIpc) is 2.39. The number of ketones is 1. The van der Waals surface area contributed by atoms with Crippen molar-refractivity contribution in [2.45, 2.75) is 9.79 Å². The zero-order chi connectivity index (χ0) is 12.3. The van der Waals surface area contributed by atoms with Crippen LogP contribution in [0.25, 0.3) is 0 Å². The second-order valence-electron chi connectivity index (χ2n) is 3.56. The zero-order valence-electron chi connectivity index (χ0n) is 9.34. The van der Waals surface area contributed by atoms with Gasteiger partial charge in [0, 0.05) is 16.0 Å². The molecule has 0 heterocycles. The third-order valence-electron chi connectivity index (χ3n) is 2.46. The smallest absolute Gasteiger partial charge is 0.193 e. The Hall–Kier alpha value is -1.32. The number of rotatable bonds is 3. The number of hydrogen-bond acceptors (Lipinski definition) is 2. The molecule has 2 aromatic carbocycles. The van der Waals surface area contributed by atoms with Gasteiger partial charge >= 0.3 is 0 Å². The van der Waals surface area contributed by atoms with Crippen molar-refractivity contribution in [1.29, 1.82) is 0 Å². The quantitative estimate of drug-likeness (QED) is 0.607. The molecule has 0 fully saturated rings. The van der Waals surface area contributed by atoms with E-state index in [2.05, 4.69) is 0 Å². The molecule has 0 unspecified atom stereocenters. The SMILES string of the molecule is CSc1cc(C(=O)c2ccccc2)ccc1[S]. The molecule has 0 aliphatic carbocycles. The number of carbonyl (C=O) groups excluding carboxylic acids is 1. The summed E-state index contributed by atoms with van der Waals surface area (Å²) in [5, 5.41) is 0. The van der Waals surface area contributed by atoms with E-state index in [1.165, 1.54) is 0 Å². The summed E-state index contributed by atoms with van der Waals surface area (Å²) in [7, 11) is 0. The first-order valence-electron chi connectivity index (χ1n) is 5.17. The second-order valence-corrected chi connectivity index (χ2v) is 4.85. The maximum atomic E-state index is 12.2. The standard InChI is InChI=1S/C14H11OS2/c1-17-13-9-11(7-8-12(13)16)14(15)10-5-3-2-4-6-10/h2-9H,1H3. The van der Waals surface area contributed by atoms with E-state index in [1.807, 2.05) is 48.7 Å². The van der Waals surface area contributed by atoms with E-state index in [-0.39, 0.29) is 5.78 Å². The minimum absolute atomic E-state index is 0.0379. The van der Waals surface area contributed by atoms with Crippen molar-refractivity contribution in [2.75, 3.05) is 6.26 Å². The molecule has 0 spiro atoms. The van der Waals surface area contributed by atoms with Crippen LogP contribution in [0.15, 0.2) is 58.3 Å². The first kappa shape index (κ1) is 12.1. The van der Waals surface area contributed by atoms with Gasteiger partial charge in [-0.05, 0) is 24.5 Å². The molecule has 0 amide bonds. The van der Waals surface area contributed by atoms with Crippen LogP contribution in [0.4, 0.5) is 0 Å². The molecule has 1 nitrogen and oxygen atoms in total. The van der Waals surface area contributed by atoms with E-state index in [0.29, 0.717) is 11.1 Å². The predicted octanol–water partition coefficient (Wildman–Crippen LogP) is 4.20. The molecule has 1 radical (unpaired) electrons. The van der Waals surface area contributed by atoms with Gasteiger partial charge in [0.15, 0.2) is 5.78 Å². The molecule has 2 aromatic rings. The first-order chi connectivity index (χ1) is 8.22. The maximum absolute atomic E-state index is 12.2. The van der Waals surface area contributed by atoms with Crippen molar-refractivity contribution >= 4 is 30.2 Å². The lowest BCUT2D eigenvalue weighted by molar-refractivity contribution is 0.103. The minimum Gasteiger partial charge on any atom is -0.289 e. The van der Waals surface area contributed by atoms with Gasteiger partial charge in [0.2, 0.25) is 0 Å². The fraction of sp³-hybridized carbons (Fsp3) is 0.0714. The summed E-state index contributed by atoms with van der Waals surface area (Å²) in [6.45, 7) is 0. The molecule has 0 aliphatic heterocycles. The van der Waals surface area contributed by atoms with Crippen molar-refractivity contribution < 1.29 is 4.79 Å². The van der Waals surface area contributed by atoms with Crippen LogP contribution in [0.2, 0.25) is 0 Å². The van der Waals surface area contributed by atoms with Gasteiger partial charge in [-0.3, -0.25) is 4.79 Å². The summed E-state index contributed by atoms with van der Waals surface area (Å²) in [6, 6.07) is 14.7. The highest BCUT2D eigenvalue weighted by Gasteiger charge is 2.10. The van der Waals surface area contributed by atoms with Crippen LogP contribution in [0.1, 0.15) is 15.9 Å². The fourth-order valence-electron chi connectivity index (χ4n) is 1.57. The first-order valence-corrected chi connectivity index (χ1v) is 6.80. The van der Waals surface area contributed by atoms with E-state index >= 15 is 0 Å². The lowest BCUT2D eigenvalue weighted by Gasteiger charge is -2.05. The minimum atomic E-state index is 0.0379. The normalized spacial score (nSPS) is 10.2. The summed E-state index contributed by atoms with van der Waals surface area (Å²) >= 11 is 6.75. The Labute approximate surface area is 111 Å². The summed E-state index contributed by atoms with van der Waals surface area (Å²) < 4.78 is 0. The third kappa shape index (κ3) is 2.68. The maximum Gasteiger partial charge on any atom is 0.193 e.